The number of benzene rings is 1. The average molecular weight is 284 g/mol. The van der Waals surface area contributed by atoms with Gasteiger partial charge in [-0.05, 0) is 42.7 Å². The van der Waals surface area contributed by atoms with Crippen LogP contribution in [0.4, 0.5) is 0 Å². The second-order valence-electron chi connectivity index (χ2n) is 5.24. The Kier molecular flexibility index (Phi) is 6.22. The molecule has 0 amide bonds. The first-order valence-corrected chi connectivity index (χ1v) is 7.66. The summed E-state index contributed by atoms with van der Waals surface area (Å²) in [5.74, 6) is 1.19. The minimum absolute atomic E-state index is 0.247. The van der Waals surface area contributed by atoms with Crippen LogP contribution in [0.2, 0.25) is 0 Å². The van der Waals surface area contributed by atoms with Crippen molar-refractivity contribution in [2.24, 2.45) is 5.73 Å². The monoisotopic (exact) mass is 284 g/mol. The summed E-state index contributed by atoms with van der Waals surface area (Å²) in [5.41, 5.74) is 8.21. The minimum atomic E-state index is 0.247. The predicted molar refractivity (Wildman–Crippen MR) is 86.6 cm³/mol. The van der Waals surface area contributed by atoms with Crippen molar-refractivity contribution in [1.29, 1.82) is 0 Å². The molecule has 1 unspecified atom stereocenters. The van der Waals surface area contributed by atoms with Gasteiger partial charge in [0.25, 0.3) is 0 Å². The number of pyridine rings is 1. The van der Waals surface area contributed by atoms with Crippen LogP contribution in [0.1, 0.15) is 36.9 Å². The van der Waals surface area contributed by atoms with Gasteiger partial charge in [0.15, 0.2) is 0 Å². The molecular weight excluding hydrogens is 260 g/mol. The molecule has 1 aromatic heterocycles. The zero-order valence-corrected chi connectivity index (χ0v) is 12.7. The van der Waals surface area contributed by atoms with E-state index in [9.17, 15) is 0 Å². The van der Waals surface area contributed by atoms with Gasteiger partial charge in [0.05, 0.1) is 6.61 Å². The molecule has 0 spiro atoms. The summed E-state index contributed by atoms with van der Waals surface area (Å²) in [5, 5.41) is 0. The zero-order chi connectivity index (χ0) is 14.9. The summed E-state index contributed by atoms with van der Waals surface area (Å²) in [6.45, 7) is 3.54. The maximum Gasteiger partial charge on any atom is 0.119 e. The van der Waals surface area contributed by atoms with Crippen LogP contribution in [0.25, 0.3) is 0 Å². The van der Waals surface area contributed by atoms with Crippen molar-refractivity contribution in [3.63, 3.8) is 0 Å². The van der Waals surface area contributed by atoms with Gasteiger partial charge in [0.1, 0.15) is 5.75 Å². The number of ether oxygens (including phenoxy) is 1. The summed E-state index contributed by atoms with van der Waals surface area (Å²) < 4.78 is 5.76. The van der Waals surface area contributed by atoms with Gasteiger partial charge in [-0.25, -0.2) is 0 Å². The van der Waals surface area contributed by atoms with Gasteiger partial charge in [-0.2, -0.15) is 0 Å². The van der Waals surface area contributed by atoms with Crippen LogP contribution in [0.5, 0.6) is 5.75 Å². The first-order valence-electron chi connectivity index (χ1n) is 7.66. The zero-order valence-electron chi connectivity index (χ0n) is 12.7. The van der Waals surface area contributed by atoms with E-state index in [-0.39, 0.29) is 5.92 Å². The van der Waals surface area contributed by atoms with Crippen LogP contribution in [0, 0.1) is 0 Å². The maximum absolute atomic E-state index is 5.92. The van der Waals surface area contributed by atoms with Crippen molar-refractivity contribution in [2.45, 2.75) is 32.1 Å². The molecule has 2 aromatic rings. The molecule has 3 nitrogen and oxygen atoms in total. The smallest absolute Gasteiger partial charge is 0.119 e. The highest BCUT2D eigenvalue weighted by Crippen LogP contribution is 2.21. The molecule has 0 saturated carbocycles. The van der Waals surface area contributed by atoms with Gasteiger partial charge >= 0.3 is 0 Å². The number of hydrogen-bond acceptors (Lipinski definition) is 3. The molecule has 1 heterocycles. The molecule has 0 fully saturated rings. The Balaban J connectivity index is 2.02. The molecule has 21 heavy (non-hydrogen) atoms. The lowest BCUT2D eigenvalue weighted by Crippen LogP contribution is -2.16. The van der Waals surface area contributed by atoms with Crippen LogP contribution < -0.4 is 10.5 Å². The van der Waals surface area contributed by atoms with E-state index in [0.717, 1.165) is 37.3 Å². The summed E-state index contributed by atoms with van der Waals surface area (Å²) in [7, 11) is 0. The molecule has 112 valence electrons. The second-order valence-corrected chi connectivity index (χ2v) is 5.24. The van der Waals surface area contributed by atoms with Crippen LogP contribution in [0.3, 0.4) is 0 Å². The molecular formula is C18H24N2O. The Morgan fingerprint density at radius 1 is 1.19 bits per heavy atom. The first kappa shape index (κ1) is 15.5. The van der Waals surface area contributed by atoms with E-state index in [2.05, 4.69) is 24.0 Å². The molecule has 1 aromatic carbocycles. The fourth-order valence-corrected chi connectivity index (χ4v) is 2.31. The predicted octanol–water partition coefficient (Wildman–Crippen LogP) is 3.55. The van der Waals surface area contributed by atoms with Gasteiger partial charge in [0, 0.05) is 24.4 Å². The third kappa shape index (κ3) is 4.87. The fraction of sp³-hybridized carbons (Fsp3) is 0.389. The summed E-state index contributed by atoms with van der Waals surface area (Å²) in [6.07, 6.45) is 4.94. The van der Waals surface area contributed by atoms with Crippen molar-refractivity contribution in [3.05, 3.63) is 59.9 Å². The summed E-state index contributed by atoms with van der Waals surface area (Å²) in [6, 6.07) is 14.3. The second kappa shape index (κ2) is 8.42. The maximum atomic E-state index is 5.92. The van der Waals surface area contributed by atoms with E-state index in [4.69, 9.17) is 10.5 Å². The Hall–Kier alpha value is -1.87. The number of nitrogens with two attached hydrogens (primary N) is 1. The van der Waals surface area contributed by atoms with E-state index >= 15 is 0 Å². The molecule has 0 radical (unpaired) electrons. The van der Waals surface area contributed by atoms with Crippen molar-refractivity contribution < 1.29 is 4.74 Å². The van der Waals surface area contributed by atoms with Crippen molar-refractivity contribution >= 4 is 0 Å². The van der Waals surface area contributed by atoms with E-state index < -0.39 is 0 Å². The number of hydrogen-bond donors (Lipinski definition) is 1. The van der Waals surface area contributed by atoms with E-state index in [1.807, 2.05) is 36.5 Å². The molecule has 0 aliphatic rings. The highest BCUT2D eigenvalue weighted by atomic mass is 16.5. The largest absolute Gasteiger partial charge is 0.494 e. The quantitative estimate of drug-likeness (QED) is 0.754. The lowest BCUT2D eigenvalue weighted by Gasteiger charge is -2.15. The number of nitrogens with zero attached hydrogens (tertiary/aromatic N) is 1. The average Bonchev–Trinajstić information content (AvgIpc) is 2.54. The van der Waals surface area contributed by atoms with Gasteiger partial charge in [-0.15, -0.1) is 0 Å². The topological polar surface area (TPSA) is 48.1 Å². The van der Waals surface area contributed by atoms with E-state index in [1.165, 1.54) is 5.56 Å². The molecule has 3 heteroatoms. The fourth-order valence-electron chi connectivity index (χ4n) is 2.31. The molecule has 0 aliphatic carbocycles. The van der Waals surface area contributed by atoms with Crippen LogP contribution in [0.15, 0.2) is 48.7 Å². The molecule has 1 atom stereocenters. The van der Waals surface area contributed by atoms with Crippen LogP contribution in [-0.2, 0) is 6.42 Å². The van der Waals surface area contributed by atoms with Gasteiger partial charge in [-0.1, -0.05) is 31.5 Å². The molecule has 0 saturated heterocycles. The van der Waals surface area contributed by atoms with Crippen molar-refractivity contribution in [2.75, 3.05) is 13.2 Å². The Labute approximate surface area is 127 Å². The molecule has 0 aliphatic heterocycles. The Morgan fingerprint density at radius 3 is 2.81 bits per heavy atom. The van der Waals surface area contributed by atoms with Gasteiger partial charge in [-0.3, -0.25) is 4.98 Å². The molecule has 2 N–H and O–H groups in total. The first-order chi connectivity index (χ1) is 10.3. The lowest BCUT2D eigenvalue weighted by atomic mass is 9.95. The minimum Gasteiger partial charge on any atom is -0.494 e. The normalized spacial score (nSPS) is 12.1. The van der Waals surface area contributed by atoms with Crippen LogP contribution in [-0.4, -0.2) is 18.1 Å². The highest BCUT2D eigenvalue weighted by Gasteiger charge is 2.12. The third-order valence-corrected chi connectivity index (χ3v) is 3.54. The standard InChI is InChI=1S/C18H24N2O/c1-2-3-11-21-17-8-6-7-15(13-17)12-16(14-19)18-9-4-5-10-20-18/h4-10,13,16H,2-3,11-12,14,19H2,1H3. The third-order valence-electron chi connectivity index (χ3n) is 3.54. The van der Waals surface area contributed by atoms with Crippen molar-refractivity contribution in [3.8, 4) is 5.75 Å². The number of rotatable bonds is 8. The van der Waals surface area contributed by atoms with E-state index in [0.29, 0.717) is 6.54 Å². The molecule has 0 bridgehead atoms. The number of aromatic nitrogens is 1. The molecule has 2 rings (SSSR count). The van der Waals surface area contributed by atoms with Crippen LogP contribution >= 0.6 is 0 Å². The highest BCUT2D eigenvalue weighted by molar-refractivity contribution is 5.30. The summed E-state index contributed by atoms with van der Waals surface area (Å²) >= 11 is 0. The SMILES string of the molecule is CCCCOc1cccc(CC(CN)c2ccccn2)c1. The van der Waals surface area contributed by atoms with E-state index in [1.54, 1.807) is 0 Å². The Morgan fingerprint density at radius 2 is 2.10 bits per heavy atom. The van der Waals surface area contributed by atoms with Gasteiger partial charge < -0.3 is 10.5 Å². The van der Waals surface area contributed by atoms with Crippen molar-refractivity contribution in [1.82, 2.24) is 4.98 Å². The van der Waals surface area contributed by atoms with Gasteiger partial charge in [0.2, 0.25) is 0 Å². The summed E-state index contributed by atoms with van der Waals surface area (Å²) in [4.78, 5) is 4.42. The Bertz CT molecular complexity index is 528. The lowest BCUT2D eigenvalue weighted by molar-refractivity contribution is 0.309. The number of unbranched alkanes of at least 4 members (excludes halogenated alkanes) is 1.